The first kappa shape index (κ1) is 20.8. The van der Waals surface area contributed by atoms with Crippen molar-refractivity contribution in [2.24, 2.45) is 4.99 Å². The predicted molar refractivity (Wildman–Crippen MR) is 117 cm³/mol. The zero-order valence-corrected chi connectivity index (χ0v) is 17.8. The Bertz CT molecular complexity index is 790. The van der Waals surface area contributed by atoms with E-state index in [0.717, 1.165) is 49.3 Å². The van der Waals surface area contributed by atoms with Gasteiger partial charge in [0.1, 0.15) is 11.9 Å². The molecule has 152 valence electrons. The van der Waals surface area contributed by atoms with Crippen LogP contribution in [0.1, 0.15) is 17.9 Å². The van der Waals surface area contributed by atoms with Crippen LogP contribution in [-0.2, 0) is 0 Å². The van der Waals surface area contributed by atoms with Gasteiger partial charge in [-0.1, -0.05) is 17.7 Å². The largest absolute Gasteiger partial charge is 0.497 e. The fourth-order valence-corrected chi connectivity index (χ4v) is 4.22. The van der Waals surface area contributed by atoms with Crippen molar-refractivity contribution in [2.45, 2.75) is 13.0 Å². The molecular formula is C20H27ClN4O2S. The van der Waals surface area contributed by atoms with E-state index < -0.39 is 6.10 Å². The molecule has 1 atom stereocenters. The lowest BCUT2D eigenvalue weighted by Gasteiger charge is -2.37. The SMILES string of the molecule is CCNC(=NCC(O)c1ccc(Cl)s1)N1CCN(c2cccc(OC)c2)CC1. The summed E-state index contributed by atoms with van der Waals surface area (Å²) in [5, 5.41) is 13.7. The number of anilines is 1. The second-order valence-electron chi connectivity index (χ2n) is 6.53. The van der Waals surface area contributed by atoms with E-state index in [2.05, 4.69) is 39.2 Å². The Balaban J connectivity index is 1.60. The number of methoxy groups -OCH3 is 1. The molecule has 1 aliphatic heterocycles. The number of thiophene rings is 1. The maximum atomic E-state index is 10.4. The van der Waals surface area contributed by atoms with Gasteiger partial charge in [0.2, 0.25) is 0 Å². The molecule has 1 saturated heterocycles. The maximum Gasteiger partial charge on any atom is 0.194 e. The van der Waals surface area contributed by atoms with Crippen LogP contribution < -0.4 is 15.0 Å². The summed E-state index contributed by atoms with van der Waals surface area (Å²) in [7, 11) is 1.69. The molecule has 0 spiro atoms. The van der Waals surface area contributed by atoms with Gasteiger partial charge in [0.15, 0.2) is 5.96 Å². The molecular weight excluding hydrogens is 396 g/mol. The number of aliphatic imine (C=N–C) groups is 1. The van der Waals surface area contributed by atoms with Gasteiger partial charge in [-0.05, 0) is 31.2 Å². The van der Waals surface area contributed by atoms with Crippen molar-refractivity contribution in [3.8, 4) is 5.75 Å². The Kier molecular flexibility index (Phi) is 7.42. The fourth-order valence-electron chi connectivity index (χ4n) is 3.18. The summed E-state index contributed by atoms with van der Waals surface area (Å²) >= 11 is 7.35. The molecule has 2 heterocycles. The molecule has 1 aromatic carbocycles. The molecule has 1 fully saturated rings. The summed E-state index contributed by atoms with van der Waals surface area (Å²) < 4.78 is 6.01. The van der Waals surface area contributed by atoms with Crippen LogP contribution in [0.5, 0.6) is 5.75 Å². The Hall–Kier alpha value is -1.96. The number of nitrogens with zero attached hydrogens (tertiary/aromatic N) is 3. The summed E-state index contributed by atoms with van der Waals surface area (Å²) in [5.41, 5.74) is 1.17. The van der Waals surface area contributed by atoms with E-state index in [9.17, 15) is 5.11 Å². The van der Waals surface area contributed by atoms with Crippen LogP contribution in [0.15, 0.2) is 41.4 Å². The quantitative estimate of drug-likeness (QED) is 0.552. The molecule has 3 rings (SSSR count). The summed E-state index contributed by atoms with van der Waals surface area (Å²) in [4.78, 5) is 10.1. The number of guanidine groups is 1. The van der Waals surface area contributed by atoms with Crippen LogP contribution >= 0.6 is 22.9 Å². The smallest absolute Gasteiger partial charge is 0.194 e. The van der Waals surface area contributed by atoms with Gasteiger partial charge in [-0.3, -0.25) is 4.99 Å². The number of halogens is 1. The van der Waals surface area contributed by atoms with Gasteiger partial charge in [-0.2, -0.15) is 0 Å². The van der Waals surface area contributed by atoms with Gasteiger partial charge in [-0.25, -0.2) is 0 Å². The highest BCUT2D eigenvalue weighted by molar-refractivity contribution is 7.16. The Morgan fingerprint density at radius 2 is 2.07 bits per heavy atom. The van der Waals surface area contributed by atoms with Crippen molar-refractivity contribution < 1.29 is 9.84 Å². The van der Waals surface area contributed by atoms with Crippen LogP contribution in [0.25, 0.3) is 0 Å². The topological polar surface area (TPSA) is 60.3 Å². The molecule has 2 aromatic rings. The highest BCUT2D eigenvalue weighted by Crippen LogP contribution is 2.27. The minimum Gasteiger partial charge on any atom is -0.497 e. The third kappa shape index (κ3) is 5.31. The zero-order valence-electron chi connectivity index (χ0n) is 16.3. The second-order valence-corrected chi connectivity index (χ2v) is 8.27. The lowest BCUT2D eigenvalue weighted by molar-refractivity contribution is 0.190. The molecule has 28 heavy (non-hydrogen) atoms. The van der Waals surface area contributed by atoms with Gasteiger partial charge < -0.3 is 25.0 Å². The highest BCUT2D eigenvalue weighted by Gasteiger charge is 2.20. The molecule has 0 bridgehead atoms. The van der Waals surface area contributed by atoms with Gasteiger partial charge in [0.25, 0.3) is 0 Å². The molecule has 0 radical (unpaired) electrons. The number of hydrogen-bond donors (Lipinski definition) is 2. The molecule has 1 unspecified atom stereocenters. The number of piperazine rings is 1. The lowest BCUT2D eigenvalue weighted by Crippen LogP contribution is -2.52. The average molecular weight is 423 g/mol. The van der Waals surface area contributed by atoms with E-state index in [1.807, 2.05) is 18.2 Å². The van der Waals surface area contributed by atoms with Gasteiger partial charge in [0, 0.05) is 49.4 Å². The van der Waals surface area contributed by atoms with Crippen molar-refractivity contribution in [3.05, 3.63) is 45.6 Å². The number of rotatable bonds is 6. The minimum absolute atomic E-state index is 0.315. The molecule has 8 heteroatoms. The van der Waals surface area contributed by atoms with Crippen LogP contribution in [0.4, 0.5) is 5.69 Å². The lowest BCUT2D eigenvalue weighted by atomic mass is 10.2. The number of aliphatic hydroxyl groups is 1. The Morgan fingerprint density at radius 3 is 2.71 bits per heavy atom. The standard InChI is InChI=1S/C20H27ClN4O2S/c1-3-22-20(23-14-17(26)18-7-8-19(21)28-18)25-11-9-24(10-12-25)15-5-4-6-16(13-15)27-2/h4-8,13,17,26H,3,9-12,14H2,1-2H3,(H,22,23). The van der Waals surface area contributed by atoms with Gasteiger partial charge in [-0.15, -0.1) is 11.3 Å². The van der Waals surface area contributed by atoms with Crippen molar-refractivity contribution in [1.29, 1.82) is 0 Å². The molecule has 0 saturated carbocycles. The molecule has 1 aromatic heterocycles. The number of hydrogen-bond acceptors (Lipinski definition) is 5. The number of ether oxygens (including phenoxy) is 1. The van der Waals surface area contributed by atoms with Crippen LogP contribution in [0.3, 0.4) is 0 Å². The van der Waals surface area contributed by atoms with E-state index in [-0.39, 0.29) is 0 Å². The van der Waals surface area contributed by atoms with Crippen LogP contribution in [0, 0.1) is 0 Å². The second kappa shape index (κ2) is 10.0. The summed E-state index contributed by atoms with van der Waals surface area (Å²) in [5.74, 6) is 1.71. The third-order valence-electron chi connectivity index (χ3n) is 4.67. The molecule has 1 aliphatic rings. The zero-order chi connectivity index (χ0) is 19.9. The monoisotopic (exact) mass is 422 g/mol. The van der Waals surface area contributed by atoms with E-state index in [0.29, 0.717) is 10.9 Å². The predicted octanol–water partition coefficient (Wildman–Crippen LogP) is 3.23. The van der Waals surface area contributed by atoms with Gasteiger partial charge in [0.05, 0.1) is 18.0 Å². The maximum absolute atomic E-state index is 10.4. The van der Waals surface area contributed by atoms with Crippen LogP contribution in [0.2, 0.25) is 4.34 Å². The number of aliphatic hydroxyl groups excluding tert-OH is 1. The van der Waals surface area contributed by atoms with Gasteiger partial charge >= 0.3 is 0 Å². The molecule has 0 amide bonds. The van der Waals surface area contributed by atoms with Crippen molar-refractivity contribution in [1.82, 2.24) is 10.2 Å². The summed E-state index contributed by atoms with van der Waals surface area (Å²) in [6.07, 6.45) is -0.635. The van der Waals surface area contributed by atoms with E-state index >= 15 is 0 Å². The Labute approximate surface area is 175 Å². The Morgan fingerprint density at radius 1 is 1.29 bits per heavy atom. The first-order valence-electron chi connectivity index (χ1n) is 9.46. The summed E-state index contributed by atoms with van der Waals surface area (Å²) in [6, 6.07) is 11.8. The normalized spacial score (nSPS) is 16.2. The van der Waals surface area contributed by atoms with Crippen molar-refractivity contribution in [3.63, 3.8) is 0 Å². The van der Waals surface area contributed by atoms with E-state index in [1.54, 1.807) is 13.2 Å². The first-order valence-corrected chi connectivity index (χ1v) is 10.7. The fraction of sp³-hybridized carbons (Fsp3) is 0.450. The minimum atomic E-state index is -0.635. The third-order valence-corrected chi connectivity index (χ3v) is 6.00. The molecule has 6 nitrogen and oxygen atoms in total. The summed E-state index contributed by atoms with van der Waals surface area (Å²) in [6.45, 7) is 6.69. The highest BCUT2D eigenvalue weighted by atomic mass is 35.5. The average Bonchev–Trinajstić information content (AvgIpc) is 3.17. The van der Waals surface area contributed by atoms with Crippen molar-refractivity contribution >= 4 is 34.6 Å². The molecule has 0 aliphatic carbocycles. The van der Waals surface area contributed by atoms with Crippen LogP contribution in [-0.4, -0.2) is 62.3 Å². The van der Waals surface area contributed by atoms with E-state index in [4.69, 9.17) is 16.3 Å². The molecule has 2 N–H and O–H groups in total. The van der Waals surface area contributed by atoms with Crippen molar-refractivity contribution in [2.75, 3.05) is 51.3 Å². The van der Waals surface area contributed by atoms with E-state index in [1.165, 1.54) is 17.0 Å². The number of nitrogens with one attached hydrogen (secondary N) is 1. The number of benzene rings is 1. The first-order chi connectivity index (χ1) is 13.6.